The van der Waals surface area contributed by atoms with Gasteiger partial charge in [-0.25, -0.2) is 9.78 Å². The van der Waals surface area contributed by atoms with Crippen molar-refractivity contribution in [1.82, 2.24) is 15.6 Å². The number of urea groups is 1. The number of carbonyl (C=O) groups excluding carboxylic acids is 1. The van der Waals surface area contributed by atoms with E-state index in [2.05, 4.69) is 33.8 Å². The van der Waals surface area contributed by atoms with E-state index >= 15 is 0 Å². The third-order valence-corrected chi connectivity index (χ3v) is 4.80. The number of aromatic nitrogens is 1. The predicted molar refractivity (Wildman–Crippen MR) is 94.6 cm³/mol. The van der Waals surface area contributed by atoms with E-state index in [-0.39, 0.29) is 6.03 Å². The SMILES string of the molecule is Cc1nc(C)c(CNC(=O)NCc2cccc3ccccc23)s1. The van der Waals surface area contributed by atoms with Gasteiger partial charge in [0.2, 0.25) is 0 Å². The number of hydrogen-bond acceptors (Lipinski definition) is 3. The quantitative estimate of drug-likeness (QED) is 0.764. The number of aryl methyl sites for hydroxylation is 2. The van der Waals surface area contributed by atoms with Crippen molar-refractivity contribution in [3.05, 3.63) is 63.6 Å². The molecule has 2 aromatic carbocycles. The van der Waals surface area contributed by atoms with Gasteiger partial charge in [-0.1, -0.05) is 42.5 Å². The Bertz CT molecular complexity index is 836. The van der Waals surface area contributed by atoms with Crippen LogP contribution >= 0.6 is 11.3 Å². The Morgan fingerprint density at radius 1 is 1.04 bits per heavy atom. The summed E-state index contributed by atoms with van der Waals surface area (Å²) < 4.78 is 0. The fraction of sp³-hybridized carbons (Fsp3) is 0.222. The minimum atomic E-state index is -0.164. The number of hydrogen-bond donors (Lipinski definition) is 2. The Hall–Kier alpha value is -2.40. The lowest BCUT2D eigenvalue weighted by molar-refractivity contribution is 0.240. The van der Waals surface area contributed by atoms with Crippen LogP contribution in [-0.4, -0.2) is 11.0 Å². The van der Waals surface area contributed by atoms with Crippen molar-refractivity contribution in [3.63, 3.8) is 0 Å². The Balaban J connectivity index is 1.59. The van der Waals surface area contributed by atoms with Crippen LogP contribution in [0.5, 0.6) is 0 Å². The molecule has 0 aliphatic rings. The van der Waals surface area contributed by atoms with Crippen LogP contribution in [0.1, 0.15) is 21.1 Å². The number of fused-ring (bicyclic) bond motifs is 1. The van der Waals surface area contributed by atoms with E-state index in [1.54, 1.807) is 11.3 Å². The molecule has 4 nitrogen and oxygen atoms in total. The van der Waals surface area contributed by atoms with E-state index in [1.807, 2.05) is 38.1 Å². The van der Waals surface area contributed by atoms with E-state index in [1.165, 1.54) is 10.8 Å². The molecule has 0 bridgehead atoms. The van der Waals surface area contributed by atoms with Gasteiger partial charge in [0.25, 0.3) is 0 Å². The van der Waals surface area contributed by atoms with Crippen LogP contribution < -0.4 is 10.6 Å². The molecular formula is C18H19N3OS. The number of rotatable bonds is 4. The predicted octanol–water partition coefficient (Wildman–Crippen LogP) is 3.91. The van der Waals surface area contributed by atoms with E-state index in [0.29, 0.717) is 13.1 Å². The van der Waals surface area contributed by atoms with Gasteiger partial charge in [-0.05, 0) is 30.2 Å². The Morgan fingerprint density at radius 3 is 2.57 bits per heavy atom. The number of thiazole rings is 1. The minimum Gasteiger partial charge on any atom is -0.334 e. The highest BCUT2D eigenvalue weighted by molar-refractivity contribution is 7.11. The molecule has 0 atom stereocenters. The monoisotopic (exact) mass is 325 g/mol. The van der Waals surface area contributed by atoms with E-state index in [9.17, 15) is 4.79 Å². The molecule has 0 radical (unpaired) electrons. The van der Waals surface area contributed by atoms with Gasteiger partial charge in [0.1, 0.15) is 0 Å². The lowest BCUT2D eigenvalue weighted by Gasteiger charge is -2.09. The highest BCUT2D eigenvalue weighted by Gasteiger charge is 2.07. The maximum atomic E-state index is 12.0. The standard InChI is InChI=1S/C18H19N3OS/c1-12-17(23-13(2)21-12)11-20-18(22)19-10-15-8-5-7-14-6-3-4-9-16(14)15/h3-9H,10-11H2,1-2H3,(H2,19,20,22). The molecule has 0 unspecified atom stereocenters. The fourth-order valence-electron chi connectivity index (χ4n) is 2.58. The molecule has 23 heavy (non-hydrogen) atoms. The first kappa shape index (κ1) is 15.5. The van der Waals surface area contributed by atoms with Crippen molar-refractivity contribution < 1.29 is 4.79 Å². The molecule has 0 aliphatic heterocycles. The van der Waals surface area contributed by atoms with E-state index in [4.69, 9.17) is 0 Å². The molecule has 1 heterocycles. The third-order valence-electron chi connectivity index (χ3n) is 3.73. The number of amides is 2. The Labute approximate surface area is 139 Å². The largest absolute Gasteiger partial charge is 0.334 e. The van der Waals surface area contributed by atoms with Crippen molar-refractivity contribution in [3.8, 4) is 0 Å². The summed E-state index contributed by atoms with van der Waals surface area (Å²) in [4.78, 5) is 17.5. The number of carbonyl (C=O) groups is 1. The summed E-state index contributed by atoms with van der Waals surface area (Å²) in [5.41, 5.74) is 2.10. The van der Waals surface area contributed by atoms with Crippen LogP contribution in [0.2, 0.25) is 0 Å². The van der Waals surface area contributed by atoms with Crippen molar-refractivity contribution in [1.29, 1.82) is 0 Å². The van der Waals surface area contributed by atoms with Gasteiger partial charge in [-0.2, -0.15) is 0 Å². The average Bonchev–Trinajstić information content (AvgIpc) is 2.88. The zero-order valence-electron chi connectivity index (χ0n) is 13.2. The van der Waals surface area contributed by atoms with Crippen LogP contribution in [-0.2, 0) is 13.1 Å². The van der Waals surface area contributed by atoms with Gasteiger partial charge in [0, 0.05) is 11.4 Å². The zero-order chi connectivity index (χ0) is 16.2. The summed E-state index contributed by atoms with van der Waals surface area (Å²) in [7, 11) is 0. The summed E-state index contributed by atoms with van der Waals surface area (Å²) in [6.45, 7) is 4.96. The second-order valence-corrected chi connectivity index (χ2v) is 6.70. The molecule has 118 valence electrons. The Morgan fingerprint density at radius 2 is 1.78 bits per heavy atom. The Kier molecular flexibility index (Phi) is 4.57. The van der Waals surface area contributed by atoms with Gasteiger partial charge in [-0.3, -0.25) is 0 Å². The molecule has 3 aromatic rings. The van der Waals surface area contributed by atoms with Crippen molar-refractivity contribution >= 4 is 28.1 Å². The summed E-state index contributed by atoms with van der Waals surface area (Å²) in [5.74, 6) is 0. The van der Waals surface area contributed by atoms with Gasteiger partial charge >= 0.3 is 6.03 Å². The smallest absolute Gasteiger partial charge is 0.315 e. The molecule has 2 N–H and O–H groups in total. The van der Waals surface area contributed by atoms with E-state index < -0.39 is 0 Å². The summed E-state index contributed by atoms with van der Waals surface area (Å²) in [6, 6.07) is 14.2. The van der Waals surface area contributed by atoms with Gasteiger partial charge in [-0.15, -0.1) is 11.3 Å². The average molecular weight is 325 g/mol. The van der Waals surface area contributed by atoms with Crippen LogP contribution in [0.25, 0.3) is 10.8 Å². The van der Waals surface area contributed by atoms with E-state index in [0.717, 1.165) is 21.1 Å². The van der Waals surface area contributed by atoms with Gasteiger partial charge < -0.3 is 10.6 Å². The number of nitrogens with one attached hydrogen (secondary N) is 2. The first-order valence-corrected chi connectivity index (χ1v) is 8.36. The topological polar surface area (TPSA) is 54.0 Å². The van der Waals surface area contributed by atoms with Crippen molar-refractivity contribution in [2.24, 2.45) is 0 Å². The van der Waals surface area contributed by atoms with Gasteiger partial charge in [0.05, 0.1) is 17.2 Å². The summed E-state index contributed by atoms with van der Waals surface area (Å²) >= 11 is 1.62. The van der Waals surface area contributed by atoms with Crippen LogP contribution in [0, 0.1) is 13.8 Å². The molecular weight excluding hydrogens is 306 g/mol. The second kappa shape index (κ2) is 6.79. The molecule has 0 spiro atoms. The number of nitrogens with zero attached hydrogens (tertiary/aromatic N) is 1. The van der Waals surface area contributed by atoms with Crippen molar-refractivity contribution in [2.75, 3.05) is 0 Å². The first-order valence-electron chi connectivity index (χ1n) is 7.55. The number of benzene rings is 2. The maximum Gasteiger partial charge on any atom is 0.315 e. The second-order valence-electron chi connectivity index (χ2n) is 5.42. The highest BCUT2D eigenvalue weighted by atomic mass is 32.1. The lowest BCUT2D eigenvalue weighted by Crippen LogP contribution is -2.34. The third kappa shape index (κ3) is 3.68. The zero-order valence-corrected chi connectivity index (χ0v) is 14.0. The highest BCUT2D eigenvalue weighted by Crippen LogP contribution is 2.18. The van der Waals surface area contributed by atoms with Crippen molar-refractivity contribution in [2.45, 2.75) is 26.9 Å². The summed E-state index contributed by atoms with van der Waals surface area (Å²) in [5, 5.41) is 9.19. The molecule has 0 saturated heterocycles. The summed E-state index contributed by atoms with van der Waals surface area (Å²) in [6.07, 6.45) is 0. The van der Waals surface area contributed by atoms with Crippen LogP contribution in [0.3, 0.4) is 0 Å². The van der Waals surface area contributed by atoms with Crippen LogP contribution in [0.15, 0.2) is 42.5 Å². The molecule has 0 saturated carbocycles. The molecule has 2 amide bonds. The van der Waals surface area contributed by atoms with Gasteiger partial charge in [0.15, 0.2) is 0 Å². The normalized spacial score (nSPS) is 10.7. The molecule has 0 aliphatic carbocycles. The lowest BCUT2D eigenvalue weighted by atomic mass is 10.0. The maximum absolute atomic E-state index is 12.0. The minimum absolute atomic E-state index is 0.164. The van der Waals surface area contributed by atoms with Crippen LogP contribution in [0.4, 0.5) is 4.79 Å². The molecule has 3 rings (SSSR count). The fourth-order valence-corrected chi connectivity index (χ4v) is 3.46. The molecule has 0 fully saturated rings. The molecule has 5 heteroatoms. The molecule has 1 aromatic heterocycles. The first-order chi connectivity index (χ1) is 11.1.